The van der Waals surface area contributed by atoms with Gasteiger partial charge in [-0.15, -0.1) is 0 Å². The van der Waals surface area contributed by atoms with E-state index in [-0.39, 0.29) is 11.4 Å². The maximum atomic E-state index is 12.3. The number of ether oxygens (including phenoxy) is 1. The highest BCUT2D eigenvalue weighted by atomic mass is 16.6. The maximum absolute atomic E-state index is 12.3. The van der Waals surface area contributed by atoms with Gasteiger partial charge in [0.25, 0.3) is 11.6 Å². The van der Waals surface area contributed by atoms with Gasteiger partial charge >= 0.3 is 5.97 Å². The van der Waals surface area contributed by atoms with Crippen LogP contribution in [0.15, 0.2) is 54.2 Å². The summed E-state index contributed by atoms with van der Waals surface area (Å²) in [5.41, 5.74) is 1.77. The van der Waals surface area contributed by atoms with Gasteiger partial charge in [0.15, 0.2) is 0 Å². The van der Waals surface area contributed by atoms with Gasteiger partial charge in [0.1, 0.15) is 5.70 Å². The molecule has 128 valence electrons. The molecule has 0 aliphatic heterocycles. The van der Waals surface area contributed by atoms with E-state index in [1.165, 1.54) is 37.5 Å². The summed E-state index contributed by atoms with van der Waals surface area (Å²) < 4.78 is 4.67. The standard InChI is InChI=1S/C18H16N2O5/c1-12-3-7-14(8-4-12)17(21)19-16(18(22)25-2)11-13-5-9-15(10-6-13)20(23)24/h3-11H,1-2H3,(H,19,21)/b16-11-. The van der Waals surface area contributed by atoms with Crippen molar-refractivity contribution in [2.45, 2.75) is 6.92 Å². The number of nitrogens with one attached hydrogen (secondary N) is 1. The van der Waals surface area contributed by atoms with E-state index in [1.54, 1.807) is 24.3 Å². The monoisotopic (exact) mass is 340 g/mol. The first-order chi connectivity index (χ1) is 11.9. The van der Waals surface area contributed by atoms with Gasteiger partial charge in [-0.05, 0) is 42.8 Å². The van der Waals surface area contributed by atoms with Crippen LogP contribution in [0.4, 0.5) is 5.69 Å². The molecule has 0 radical (unpaired) electrons. The van der Waals surface area contributed by atoms with Crippen LogP contribution in [0.5, 0.6) is 0 Å². The Kier molecular flexibility index (Phi) is 5.62. The molecule has 0 aliphatic carbocycles. The lowest BCUT2D eigenvalue weighted by Crippen LogP contribution is -2.28. The first-order valence-corrected chi connectivity index (χ1v) is 7.33. The van der Waals surface area contributed by atoms with Crippen LogP contribution in [0.1, 0.15) is 21.5 Å². The number of esters is 1. The number of nitro benzene ring substituents is 1. The highest BCUT2D eigenvalue weighted by Gasteiger charge is 2.15. The molecule has 2 aromatic rings. The molecule has 0 fully saturated rings. The number of nitro groups is 1. The van der Waals surface area contributed by atoms with Crippen molar-refractivity contribution >= 4 is 23.6 Å². The fourth-order valence-corrected chi connectivity index (χ4v) is 2.01. The Labute approximate surface area is 144 Å². The van der Waals surface area contributed by atoms with E-state index in [2.05, 4.69) is 10.1 Å². The molecule has 7 nitrogen and oxygen atoms in total. The third kappa shape index (κ3) is 4.74. The second kappa shape index (κ2) is 7.87. The van der Waals surface area contributed by atoms with E-state index in [0.29, 0.717) is 11.1 Å². The average Bonchev–Trinajstić information content (AvgIpc) is 2.61. The van der Waals surface area contributed by atoms with Gasteiger partial charge < -0.3 is 10.1 Å². The summed E-state index contributed by atoms with van der Waals surface area (Å²) >= 11 is 0. The maximum Gasteiger partial charge on any atom is 0.354 e. The zero-order chi connectivity index (χ0) is 18.4. The van der Waals surface area contributed by atoms with Crippen LogP contribution < -0.4 is 5.32 Å². The third-order valence-electron chi connectivity index (χ3n) is 3.38. The predicted octanol–water partition coefficient (Wildman–Crippen LogP) is 2.85. The quantitative estimate of drug-likeness (QED) is 0.390. The van der Waals surface area contributed by atoms with Crippen LogP contribution in [0.2, 0.25) is 0 Å². The molecule has 0 bridgehead atoms. The Morgan fingerprint density at radius 1 is 1.08 bits per heavy atom. The Morgan fingerprint density at radius 2 is 1.68 bits per heavy atom. The smallest absolute Gasteiger partial charge is 0.354 e. The Morgan fingerprint density at radius 3 is 2.20 bits per heavy atom. The van der Waals surface area contributed by atoms with Crippen LogP contribution in [0.3, 0.4) is 0 Å². The lowest BCUT2D eigenvalue weighted by molar-refractivity contribution is -0.384. The van der Waals surface area contributed by atoms with Gasteiger partial charge in [0, 0.05) is 17.7 Å². The van der Waals surface area contributed by atoms with E-state index in [4.69, 9.17) is 0 Å². The van der Waals surface area contributed by atoms with Crippen molar-refractivity contribution in [3.05, 3.63) is 81.0 Å². The van der Waals surface area contributed by atoms with E-state index < -0.39 is 16.8 Å². The molecule has 2 aromatic carbocycles. The van der Waals surface area contributed by atoms with Crippen molar-refractivity contribution in [2.24, 2.45) is 0 Å². The first kappa shape index (κ1) is 17.9. The SMILES string of the molecule is COC(=O)/C(=C/c1ccc([N+](=O)[O-])cc1)NC(=O)c1ccc(C)cc1. The molecule has 0 saturated heterocycles. The second-order valence-electron chi connectivity index (χ2n) is 5.22. The molecule has 0 heterocycles. The number of nitrogens with zero attached hydrogens (tertiary/aromatic N) is 1. The van der Waals surface area contributed by atoms with E-state index in [1.807, 2.05) is 6.92 Å². The molecule has 7 heteroatoms. The summed E-state index contributed by atoms with van der Waals surface area (Å²) in [6.07, 6.45) is 1.39. The first-order valence-electron chi connectivity index (χ1n) is 7.33. The lowest BCUT2D eigenvalue weighted by atomic mass is 10.1. The summed E-state index contributed by atoms with van der Waals surface area (Å²) in [5.74, 6) is -1.18. The van der Waals surface area contributed by atoms with Crippen LogP contribution in [0.25, 0.3) is 6.08 Å². The topological polar surface area (TPSA) is 98.5 Å². The highest BCUT2D eigenvalue weighted by Crippen LogP contribution is 2.14. The lowest BCUT2D eigenvalue weighted by Gasteiger charge is -2.08. The van der Waals surface area contributed by atoms with Gasteiger partial charge in [-0.1, -0.05) is 17.7 Å². The molecule has 0 aliphatic rings. The van der Waals surface area contributed by atoms with Gasteiger partial charge in [-0.2, -0.15) is 0 Å². The summed E-state index contributed by atoms with van der Waals surface area (Å²) in [6, 6.07) is 12.4. The number of benzene rings is 2. The predicted molar refractivity (Wildman–Crippen MR) is 91.7 cm³/mol. The van der Waals surface area contributed by atoms with E-state index >= 15 is 0 Å². The Balaban J connectivity index is 2.26. The van der Waals surface area contributed by atoms with E-state index in [0.717, 1.165) is 5.56 Å². The van der Waals surface area contributed by atoms with Crippen molar-refractivity contribution in [1.82, 2.24) is 5.32 Å². The molecule has 0 spiro atoms. The van der Waals surface area contributed by atoms with Gasteiger partial charge in [-0.25, -0.2) is 4.79 Å². The highest BCUT2D eigenvalue weighted by molar-refractivity contribution is 6.03. The Bertz CT molecular complexity index is 824. The molecule has 0 saturated carbocycles. The molecule has 1 amide bonds. The number of non-ortho nitro benzene ring substituents is 1. The third-order valence-corrected chi connectivity index (χ3v) is 3.38. The van der Waals surface area contributed by atoms with Crippen LogP contribution >= 0.6 is 0 Å². The number of aryl methyl sites for hydroxylation is 1. The number of methoxy groups -OCH3 is 1. The second-order valence-corrected chi connectivity index (χ2v) is 5.22. The summed E-state index contributed by atoms with van der Waals surface area (Å²) in [7, 11) is 1.20. The van der Waals surface area contributed by atoms with Crippen molar-refractivity contribution in [3.8, 4) is 0 Å². The zero-order valence-corrected chi connectivity index (χ0v) is 13.7. The van der Waals surface area contributed by atoms with Crippen LogP contribution in [-0.2, 0) is 9.53 Å². The van der Waals surface area contributed by atoms with Crippen molar-refractivity contribution in [1.29, 1.82) is 0 Å². The fourth-order valence-electron chi connectivity index (χ4n) is 2.01. The molecule has 2 rings (SSSR count). The summed E-state index contributed by atoms with van der Waals surface area (Å²) in [4.78, 5) is 34.3. The summed E-state index contributed by atoms with van der Waals surface area (Å²) in [6.45, 7) is 1.90. The number of carbonyl (C=O) groups is 2. The van der Waals surface area contributed by atoms with E-state index in [9.17, 15) is 19.7 Å². The number of rotatable bonds is 5. The minimum absolute atomic E-state index is 0.0677. The van der Waals surface area contributed by atoms with Gasteiger partial charge in [0.2, 0.25) is 0 Å². The number of amides is 1. The number of hydrogen-bond acceptors (Lipinski definition) is 5. The van der Waals surface area contributed by atoms with Crippen LogP contribution in [-0.4, -0.2) is 23.9 Å². The fraction of sp³-hybridized carbons (Fsp3) is 0.111. The molecular formula is C18H16N2O5. The van der Waals surface area contributed by atoms with Gasteiger partial charge in [0.05, 0.1) is 12.0 Å². The average molecular weight is 340 g/mol. The largest absolute Gasteiger partial charge is 0.464 e. The zero-order valence-electron chi connectivity index (χ0n) is 13.7. The molecule has 0 aromatic heterocycles. The van der Waals surface area contributed by atoms with Crippen molar-refractivity contribution in [3.63, 3.8) is 0 Å². The molecule has 1 N–H and O–H groups in total. The minimum Gasteiger partial charge on any atom is -0.464 e. The number of carbonyl (C=O) groups excluding carboxylic acids is 2. The minimum atomic E-state index is -0.723. The van der Waals surface area contributed by atoms with Crippen LogP contribution in [0, 0.1) is 17.0 Å². The van der Waals surface area contributed by atoms with Gasteiger partial charge in [-0.3, -0.25) is 14.9 Å². The molecule has 0 atom stereocenters. The Hall–Kier alpha value is -3.48. The summed E-state index contributed by atoms with van der Waals surface area (Å²) in [5, 5.41) is 13.2. The van der Waals surface area contributed by atoms with Crippen molar-refractivity contribution in [2.75, 3.05) is 7.11 Å². The molecule has 25 heavy (non-hydrogen) atoms. The number of hydrogen-bond donors (Lipinski definition) is 1. The van der Waals surface area contributed by atoms with Crippen molar-refractivity contribution < 1.29 is 19.2 Å². The molecular weight excluding hydrogens is 324 g/mol. The molecule has 0 unspecified atom stereocenters. The normalized spacial score (nSPS) is 10.9.